The van der Waals surface area contributed by atoms with Crippen LogP contribution in [0.25, 0.3) is 10.2 Å². The van der Waals surface area contributed by atoms with Gasteiger partial charge in [0, 0.05) is 16.6 Å². The van der Waals surface area contributed by atoms with Crippen LogP contribution in [-0.2, 0) is 4.79 Å². The van der Waals surface area contributed by atoms with Crippen LogP contribution in [0.15, 0.2) is 34.2 Å². The highest BCUT2D eigenvalue weighted by atomic mass is 32.2. The predicted octanol–water partition coefficient (Wildman–Crippen LogP) is 5.08. The van der Waals surface area contributed by atoms with E-state index in [1.165, 1.54) is 23.1 Å². The van der Waals surface area contributed by atoms with Crippen molar-refractivity contribution in [2.24, 2.45) is 0 Å². The number of hydrogen-bond donors (Lipinski definition) is 1. The van der Waals surface area contributed by atoms with Crippen LogP contribution < -0.4 is 10.9 Å². The van der Waals surface area contributed by atoms with Crippen molar-refractivity contribution in [2.75, 3.05) is 5.32 Å². The number of carbonyl (C=O) groups is 1. The summed E-state index contributed by atoms with van der Waals surface area (Å²) < 4.78 is 1.70. The van der Waals surface area contributed by atoms with Gasteiger partial charge in [-0.15, -0.1) is 11.3 Å². The van der Waals surface area contributed by atoms with Crippen molar-refractivity contribution >= 4 is 44.9 Å². The first-order valence-electron chi connectivity index (χ1n) is 9.25. The van der Waals surface area contributed by atoms with Crippen molar-refractivity contribution in [2.45, 2.75) is 58.0 Å². The molecule has 0 bridgehead atoms. The first kappa shape index (κ1) is 20.6. The molecule has 0 radical (unpaired) electrons. The summed E-state index contributed by atoms with van der Waals surface area (Å²) in [7, 11) is 0. The van der Waals surface area contributed by atoms with Gasteiger partial charge in [-0.2, -0.15) is 0 Å². The van der Waals surface area contributed by atoms with Gasteiger partial charge in [0.25, 0.3) is 5.56 Å². The van der Waals surface area contributed by atoms with Crippen LogP contribution in [-0.4, -0.2) is 20.7 Å². The number of rotatable bonds is 5. The minimum absolute atomic E-state index is 0.0320. The van der Waals surface area contributed by atoms with Gasteiger partial charge in [-0.25, -0.2) is 4.98 Å². The lowest BCUT2D eigenvalue weighted by molar-refractivity contribution is -0.115. The largest absolute Gasteiger partial charge is 0.325 e. The van der Waals surface area contributed by atoms with Gasteiger partial charge in [-0.3, -0.25) is 14.2 Å². The lowest BCUT2D eigenvalue weighted by Crippen LogP contribution is -2.28. The van der Waals surface area contributed by atoms with Crippen LogP contribution in [0.2, 0.25) is 0 Å². The molecule has 0 aliphatic rings. The number of carbonyl (C=O) groups excluding carboxylic acids is 1. The molecular weight excluding hydrogens is 390 g/mol. The molecule has 1 aromatic carbocycles. The molecule has 0 saturated heterocycles. The highest BCUT2D eigenvalue weighted by Gasteiger charge is 2.22. The SMILES string of the molecule is Cc1ccc(NC(=O)[C@H](C)Sc2nc3sc(C)c(C)c3c(=O)n2C(C)C)cc1. The van der Waals surface area contributed by atoms with E-state index in [-0.39, 0.29) is 17.5 Å². The van der Waals surface area contributed by atoms with Gasteiger partial charge in [-0.05, 0) is 59.2 Å². The van der Waals surface area contributed by atoms with Gasteiger partial charge in [0.15, 0.2) is 5.16 Å². The van der Waals surface area contributed by atoms with E-state index in [2.05, 4.69) is 5.32 Å². The quantitative estimate of drug-likeness (QED) is 0.466. The zero-order valence-corrected chi connectivity index (χ0v) is 18.6. The average molecular weight is 416 g/mol. The normalized spacial score (nSPS) is 12.5. The molecule has 3 aromatic rings. The van der Waals surface area contributed by atoms with Gasteiger partial charge in [0.1, 0.15) is 4.83 Å². The molecule has 1 atom stereocenters. The highest BCUT2D eigenvalue weighted by molar-refractivity contribution is 8.00. The molecule has 0 aliphatic heterocycles. The number of aryl methyl sites for hydroxylation is 3. The van der Waals surface area contributed by atoms with Crippen LogP contribution >= 0.6 is 23.1 Å². The summed E-state index contributed by atoms with van der Waals surface area (Å²) in [6.45, 7) is 11.7. The van der Waals surface area contributed by atoms with Gasteiger partial charge >= 0.3 is 0 Å². The van der Waals surface area contributed by atoms with Crippen molar-refractivity contribution in [3.8, 4) is 0 Å². The van der Waals surface area contributed by atoms with E-state index in [0.717, 1.165) is 26.5 Å². The Hall–Kier alpha value is -2.12. The fourth-order valence-electron chi connectivity index (χ4n) is 2.92. The van der Waals surface area contributed by atoms with Crippen molar-refractivity contribution in [1.82, 2.24) is 9.55 Å². The third kappa shape index (κ3) is 4.00. The average Bonchev–Trinajstić information content (AvgIpc) is 2.90. The summed E-state index contributed by atoms with van der Waals surface area (Å²) >= 11 is 2.85. The molecule has 0 spiro atoms. The smallest absolute Gasteiger partial charge is 0.263 e. The van der Waals surface area contributed by atoms with Gasteiger partial charge in [0.2, 0.25) is 5.91 Å². The Morgan fingerprint density at radius 1 is 1.14 bits per heavy atom. The third-order valence-corrected chi connectivity index (χ3v) is 6.86. The fourth-order valence-corrected chi connectivity index (χ4v) is 5.03. The minimum Gasteiger partial charge on any atom is -0.325 e. The van der Waals surface area contributed by atoms with E-state index in [4.69, 9.17) is 4.98 Å². The summed E-state index contributed by atoms with van der Waals surface area (Å²) in [5.74, 6) is -0.114. The summed E-state index contributed by atoms with van der Waals surface area (Å²) in [6, 6.07) is 7.65. The van der Waals surface area contributed by atoms with Crippen molar-refractivity contribution in [3.63, 3.8) is 0 Å². The summed E-state index contributed by atoms with van der Waals surface area (Å²) in [5.41, 5.74) is 2.86. The second kappa shape index (κ2) is 8.09. The van der Waals surface area contributed by atoms with Gasteiger partial charge in [-0.1, -0.05) is 29.5 Å². The lowest BCUT2D eigenvalue weighted by Gasteiger charge is -2.18. The molecule has 148 valence electrons. The van der Waals surface area contributed by atoms with Crippen molar-refractivity contribution in [3.05, 3.63) is 50.6 Å². The van der Waals surface area contributed by atoms with Crippen LogP contribution in [0.1, 0.15) is 42.8 Å². The van der Waals surface area contributed by atoms with Gasteiger partial charge < -0.3 is 5.32 Å². The van der Waals surface area contributed by atoms with E-state index >= 15 is 0 Å². The molecule has 0 fully saturated rings. The molecule has 2 aromatic heterocycles. The maximum Gasteiger partial charge on any atom is 0.263 e. The second-order valence-electron chi connectivity index (χ2n) is 7.24. The Morgan fingerprint density at radius 2 is 1.79 bits per heavy atom. The molecule has 28 heavy (non-hydrogen) atoms. The zero-order chi connectivity index (χ0) is 20.6. The first-order chi connectivity index (χ1) is 13.2. The molecule has 0 unspecified atom stereocenters. The number of aromatic nitrogens is 2. The Balaban J connectivity index is 1.92. The summed E-state index contributed by atoms with van der Waals surface area (Å²) in [6.07, 6.45) is 0. The molecule has 1 N–H and O–H groups in total. The standard InChI is InChI=1S/C21H25N3O2S2/c1-11(2)24-20(26)17-13(4)14(5)27-19(17)23-21(24)28-15(6)18(25)22-16-9-7-12(3)8-10-16/h7-11,15H,1-6H3,(H,22,25)/t15-/m0/s1. The zero-order valence-electron chi connectivity index (χ0n) is 17.0. The molecule has 0 saturated carbocycles. The third-order valence-electron chi connectivity index (χ3n) is 4.69. The number of thioether (sulfide) groups is 1. The van der Waals surface area contributed by atoms with E-state index in [1.54, 1.807) is 4.57 Å². The predicted molar refractivity (Wildman–Crippen MR) is 119 cm³/mol. The molecule has 0 aliphatic carbocycles. The van der Waals surface area contributed by atoms with Crippen LogP contribution in [0.5, 0.6) is 0 Å². The molecule has 5 nitrogen and oxygen atoms in total. The van der Waals surface area contributed by atoms with E-state index in [0.29, 0.717) is 10.5 Å². The number of nitrogens with zero attached hydrogens (tertiary/aromatic N) is 2. The number of benzene rings is 1. The Labute approximate surface area is 173 Å². The second-order valence-corrected chi connectivity index (χ2v) is 9.75. The topological polar surface area (TPSA) is 64.0 Å². The monoisotopic (exact) mass is 415 g/mol. The number of hydrogen-bond acceptors (Lipinski definition) is 5. The number of fused-ring (bicyclic) bond motifs is 1. The van der Waals surface area contributed by atoms with E-state index in [9.17, 15) is 9.59 Å². The summed E-state index contributed by atoms with van der Waals surface area (Å²) in [5, 5.41) is 3.82. The summed E-state index contributed by atoms with van der Waals surface area (Å²) in [4.78, 5) is 32.3. The number of anilines is 1. The Bertz CT molecular complexity index is 1080. The molecule has 3 rings (SSSR count). The first-order valence-corrected chi connectivity index (χ1v) is 10.9. The van der Waals surface area contributed by atoms with Crippen LogP contribution in [0, 0.1) is 20.8 Å². The van der Waals surface area contributed by atoms with E-state index < -0.39 is 5.25 Å². The molecule has 1 amide bonds. The minimum atomic E-state index is -0.391. The Morgan fingerprint density at radius 3 is 2.39 bits per heavy atom. The van der Waals surface area contributed by atoms with Crippen LogP contribution in [0.3, 0.4) is 0 Å². The van der Waals surface area contributed by atoms with E-state index in [1.807, 2.05) is 65.8 Å². The molecular formula is C21H25N3O2S2. The maximum absolute atomic E-state index is 13.1. The van der Waals surface area contributed by atoms with Gasteiger partial charge in [0.05, 0.1) is 10.6 Å². The lowest BCUT2D eigenvalue weighted by atomic mass is 10.2. The number of nitrogens with one attached hydrogen (secondary N) is 1. The fraction of sp³-hybridized carbons (Fsp3) is 0.381. The van der Waals surface area contributed by atoms with Crippen molar-refractivity contribution < 1.29 is 4.79 Å². The Kier molecular flexibility index (Phi) is 5.95. The number of amides is 1. The van der Waals surface area contributed by atoms with Crippen LogP contribution in [0.4, 0.5) is 5.69 Å². The number of thiophene rings is 1. The maximum atomic E-state index is 13.1. The highest BCUT2D eigenvalue weighted by Crippen LogP contribution is 2.31. The molecule has 2 heterocycles. The molecule has 7 heteroatoms. The van der Waals surface area contributed by atoms with Crippen molar-refractivity contribution in [1.29, 1.82) is 0 Å².